The highest BCUT2D eigenvalue weighted by molar-refractivity contribution is 6.31. The van der Waals surface area contributed by atoms with Crippen molar-refractivity contribution in [1.82, 2.24) is 4.90 Å². The van der Waals surface area contributed by atoms with Gasteiger partial charge >= 0.3 is 0 Å². The van der Waals surface area contributed by atoms with Crippen LogP contribution in [0.1, 0.15) is 0 Å². The molecule has 0 radical (unpaired) electrons. The normalized spacial score (nSPS) is 10.6. The Hall–Kier alpha value is -2.71. The maximum Gasteiger partial charge on any atom is 0.238 e. The number of anilines is 2. The summed E-state index contributed by atoms with van der Waals surface area (Å²) in [4.78, 5) is 25.6. The highest BCUT2D eigenvalue weighted by atomic mass is 35.5. The van der Waals surface area contributed by atoms with Gasteiger partial charge in [-0.1, -0.05) is 11.6 Å². The fraction of sp³-hybridized carbons (Fsp3) is 0.222. The molecule has 2 amide bonds. The van der Waals surface area contributed by atoms with Gasteiger partial charge in [-0.2, -0.15) is 0 Å². The first-order valence-electron chi connectivity index (χ1n) is 7.85. The molecule has 0 aliphatic rings. The summed E-state index contributed by atoms with van der Waals surface area (Å²) in [5.74, 6) is -2.46. The monoisotopic (exact) mass is 397 g/mol. The second-order valence-electron chi connectivity index (χ2n) is 5.74. The summed E-state index contributed by atoms with van der Waals surface area (Å²) in [6.07, 6.45) is 0. The molecule has 0 aliphatic carbocycles. The zero-order chi connectivity index (χ0) is 20.0. The van der Waals surface area contributed by atoms with Crippen molar-refractivity contribution in [2.75, 3.05) is 37.9 Å². The minimum Gasteiger partial charge on any atom is -0.495 e. The van der Waals surface area contributed by atoms with Gasteiger partial charge < -0.3 is 15.4 Å². The predicted molar refractivity (Wildman–Crippen MR) is 99.1 cm³/mol. The first-order chi connectivity index (χ1) is 12.8. The Morgan fingerprint density at radius 2 is 1.70 bits per heavy atom. The number of amides is 2. The molecule has 0 saturated heterocycles. The van der Waals surface area contributed by atoms with Crippen LogP contribution in [0.4, 0.5) is 20.2 Å². The van der Waals surface area contributed by atoms with Crippen LogP contribution in [0.25, 0.3) is 0 Å². The van der Waals surface area contributed by atoms with Gasteiger partial charge in [-0.3, -0.25) is 14.5 Å². The third-order valence-electron chi connectivity index (χ3n) is 3.47. The number of methoxy groups -OCH3 is 1. The van der Waals surface area contributed by atoms with Crippen molar-refractivity contribution in [1.29, 1.82) is 0 Å². The van der Waals surface area contributed by atoms with Gasteiger partial charge in [0.25, 0.3) is 0 Å². The number of carbonyl (C=O) groups excluding carboxylic acids is 2. The van der Waals surface area contributed by atoms with E-state index >= 15 is 0 Å². The molecule has 2 aromatic carbocycles. The predicted octanol–water partition coefficient (Wildman–Crippen LogP) is 3.14. The number of nitrogens with one attached hydrogen (secondary N) is 2. The molecular weight excluding hydrogens is 380 g/mol. The van der Waals surface area contributed by atoms with Crippen LogP contribution in [0.2, 0.25) is 5.02 Å². The van der Waals surface area contributed by atoms with E-state index < -0.39 is 17.5 Å². The van der Waals surface area contributed by atoms with Gasteiger partial charge in [0, 0.05) is 16.8 Å². The number of hydrogen-bond donors (Lipinski definition) is 2. The highest BCUT2D eigenvalue weighted by Crippen LogP contribution is 2.27. The van der Waals surface area contributed by atoms with Crippen molar-refractivity contribution >= 4 is 34.8 Å². The number of halogens is 3. The van der Waals surface area contributed by atoms with Crippen molar-refractivity contribution in [3.63, 3.8) is 0 Å². The lowest BCUT2D eigenvalue weighted by Crippen LogP contribution is -2.36. The molecule has 2 N–H and O–H groups in total. The summed E-state index contributed by atoms with van der Waals surface area (Å²) >= 11 is 5.91. The number of carbonyl (C=O) groups is 2. The van der Waals surface area contributed by atoms with Gasteiger partial charge in [-0.15, -0.1) is 0 Å². The molecule has 2 rings (SSSR count). The molecule has 0 spiro atoms. The van der Waals surface area contributed by atoms with E-state index in [9.17, 15) is 18.4 Å². The van der Waals surface area contributed by atoms with Gasteiger partial charge in [0.2, 0.25) is 11.8 Å². The van der Waals surface area contributed by atoms with Gasteiger partial charge in [-0.05, 0) is 37.4 Å². The quantitative estimate of drug-likeness (QED) is 0.753. The van der Waals surface area contributed by atoms with E-state index in [4.69, 9.17) is 16.3 Å². The standard InChI is InChI=1S/C18H18ClF2N3O3/c1-24(9-17(25)22-12-4-5-13(20)14(21)8-12)10-18(26)23-15-7-11(19)3-6-16(15)27-2/h3-8H,9-10H2,1-2H3,(H,22,25)(H,23,26). The van der Waals surface area contributed by atoms with Gasteiger partial charge in [0.05, 0.1) is 25.9 Å². The largest absolute Gasteiger partial charge is 0.495 e. The van der Waals surface area contributed by atoms with Crippen LogP contribution in [0, 0.1) is 11.6 Å². The van der Waals surface area contributed by atoms with E-state index in [1.807, 2.05) is 0 Å². The summed E-state index contributed by atoms with van der Waals surface area (Å²) in [6.45, 7) is -0.208. The van der Waals surface area contributed by atoms with Gasteiger partial charge in [-0.25, -0.2) is 8.78 Å². The molecule has 9 heteroatoms. The lowest BCUT2D eigenvalue weighted by molar-refractivity contribution is -0.119. The summed E-state index contributed by atoms with van der Waals surface area (Å²) in [5, 5.41) is 5.53. The van der Waals surface area contributed by atoms with E-state index in [0.717, 1.165) is 12.1 Å². The Balaban J connectivity index is 1.88. The zero-order valence-corrected chi connectivity index (χ0v) is 15.4. The number of hydrogen-bond acceptors (Lipinski definition) is 4. The Kier molecular flexibility index (Phi) is 7.09. The summed E-state index contributed by atoms with van der Waals surface area (Å²) < 4.78 is 31.2. The highest BCUT2D eigenvalue weighted by Gasteiger charge is 2.14. The molecule has 0 fully saturated rings. The van der Waals surface area contributed by atoms with E-state index in [1.165, 1.54) is 18.1 Å². The Labute approximate surface area is 160 Å². The van der Waals surface area contributed by atoms with Crippen LogP contribution < -0.4 is 15.4 Å². The Morgan fingerprint density at radius 1 is 1.04 bits per heavy atom. The van der Waals surface area contributed by atoms with E-state index in [0.29, 0.717) is 16.5 Å². The van der Waals surface area contributed by atoms with Crippen LogP contribution in [0.5, 0.6) is 5.75 Å². The molecule has 2 aromatic rings. The molecule has 0 atom stereocenters. The number of ether oxygens (including phenoxy) is 1. The minimum absolute atomic E-state index is 0.0825. The lowest BCUT2D eigenvalue weighted by atomic mass is 10.3. The minimum atomic E-state index is -1.06. The summed E-state index contributed by atoms with van der Waals surface area (Å²) in [6, 6.07) is 7.84. The van der Waals surface area contributed by atoms with Crippen molar-refractivity contribution in [3.8, 4) is 5.75 Å². The lowest BCUT2D eigenvalue weighted by Gasteiger charge is -2.17. The van der Waals surface area contributed by atoms with E-state index in [2.05, 4.69) is 10.6 Å². The molecule has 0 bridgehead atoms. The van der Waals surface area contributed by atoms with Crippen molar-refractivity contribution in [3.05, 3.63) is 53.1 Å². The zero-order valence-electron chi connectivity index (χ0n) is 14.7. The van der Waals surface area contributed by atoms with E-state index in [1.54, 1.807) is 25.2 Å². The van der Waals surface area contributed by atoms with Crippen LogP contribution in [0.15, 0.2) is 36.4 Å². The van der Waals surface area contributed by atoms with Gasteiger partial charge in [0.1, 0.15) is 5.75 Å². The third-order valence-corrected chi connectivity index (χ3v) is 3.70. The number of rotatable bonds is 7. The number of nitrogens with zero attached hydrogens (tertiary/aromatic N) is 1. The van der Waals surface area contributed by atoms with E-state index in [-0.39, 0.29) is 24.7 Å². The van der Waals surface area contributed by atoms with Gasteiger partial charge in [0.15, 0.2) is 11.6 Å². The first-order valence-corrected chi connectivity index (χ1v) is 8.23. The smallest absolute Gasteiger partial charge is 0.238 e. The molecule has 0 saturated carbocycles. The summed E-state index contributed by atoms with van der Waals surface area (Å²) in [7, 11) is 3.03. The molecule has 27 heavy (non-hydrogen) atoms. The average Bonchev–Trinajstić information content (AvgIpc) is 2.58. The molecule has 0 heterocycles. The third kappa shape index (κ3) is 6.19. The molecular formula is C18H18ClF2N3O3. The fourth-order valence-electron chi connectivity index (χ4n) is 2.29. The van der Waals surface area contributed by atoms with Crippen molar-refractivity contribution < 1.29 is 23.1 Å². The first kappa shape index (κ1) is 20.6. The van der Waals surface area contributed by atoms with Crippen LogP contribution in [0.3, 0.4) is 0 Å². The van der Waals surface area contributed by atoms with Crippen LogP contribution in [-0.4, -0.2) is 44.0 Å². The maximum atomic E-state index is 13.2. The molecule has 144 valence electrons. The SMILES string of the molecule is COc1ccc(Cl)cc1NC(=O)CN(C)CC(=O)Nc1ccc(F)c(F)c1. The second kappa shape index (κ2) is 9.29. The topological polar surface area (TPSA) is 70.7 Å². The van der Waals surface area contributed by atoms with Crippen molar-refractivity contribution in [2.24, 2.45) is 0 Å². The molecule has 6 nitrogen and oxygen atoms in total. The van der Waals surface area contributed by atoms with Crippen LogP contribution in [-0.2, 0) is 9.59 Å². The molecule has 0 unspecified atom stereocenters. The van der Waals surface area contributed by atoms with Crippen LogP contribution >= 0.6 is 11.6 Å². The maximum absolute atomic E-state index is 13.2. The van der Waals surface area contributed by atoms with Crippen molar-refractivity contribution in [2.45, 2.75) is 0 Å². The Bertz CT molecular complexity index is 849. The molecule has 0 aliphatic heterocycles. The second-order valence-corrected chi connectivity index (χ2v) is 6.18. The summed E-state index contributed by atoms with van der Waals surface area (Å²) in [5.41, 5.74) is 0.537. The fourth-order valence-corrected chi connectivity index (χ4v) is 2.46. The number of likely N-dealkylation sites (N-methyl/N-ethyl adjacent to an activating group) is 1. The Morgan fingerprint density at radius 3 is 2.33 bits per heavy atom. The number of benzene rings is 2. The average molecular weight is 398 g/mol. The molecule has 0 aromatic heterocycles.